The maximum atomic E-state index is 12.6. The van der Waals surface area contributed by atoms with Crippen molar-refractivity contribution in [1.29, 1.82) is 15.9 Å². The molecule has 172 valence electrons. The molecule has 1 aliphatic rings. The molecule has 2 rings (SSSR count). The molecule has 0 aliphatic heterocycles. The van der Waals surface area contributed by atoms with Crippen molar-refractivity contribution in [1.82, 2.24) is 5.32 Å². The van der Waals surface area contributed by atoms with Crippen molar-refractivity contribution in [3.8, 4) is 17.9 Å². The summed E-state index contributed by atoms with van der Waals surface area (Å²) in [6, 6.07) is 13.5. The molecule has 33 heavy (non-hydrogen) atoms. The minimum Gasteiger partial charge on any atom is -0.492 e. The first-order valence-corrected chi connectivity index (χ1v) is 10.5. The predicted octanol–water partition coefficient (Wildman–Crippen LogP) is 3.80. The lowest BCUT2D eigenvalue weighted by Crippen LogP contribution is -2.31. The zero-order valence-corrected chi connectivity index (χ0v) is 18.9. The van der Waals surface area contributed by atoms with Crippen molar-refractivity contribution in [3.05, 3.63) is 65.4 Å². The van der Waals surface area contributed by atoms with Gasteiger partial charge in [0, 0.05) is 12.2 Å². The average Bonchev–Trinajstić information content (AvgIpc) is 2.80. The Morgan fingerprint density at radius 2 is 1.88 bits per heavy atom. The second-order valence-corrected chi connectivity index (χ2v) is 8.09. The number of nitrogens with zero attached hydrogens (tertiary/aromatic N) is 2. The molecule has 0 atom stereocenters. The summed E-state index contributed by atoms with van der Waals surface area (Å²) in [5.41, 5.74) is 0.851. The second kappa shape index (κ2) is 12.1. The van der Waals surface area contributed by atoms with Crippen LogP contribution in [-0.2, 0) is 14.3 Å². The summed E-state index contributed by atoms with van der Waals surface area (Å²) in [5.74, 6) is -0.209. The van der Waals surface area contributed by atoms with Gasteiger partial charge in [0.1, 0.15) is 43.3 Å². The fourth-order valence-corrected chi connectivity index (χ4v) is 3.42. The Kier molecular flexibility index (Phi) is 9.26. The summed E-state index contributed by atoms with van der Waals surface area (Å²) in [7, 11) is 0. The molecule has 0 saturated carbocycles. The number of benzene rings is 1. The maximum absolute atomic E-state index is 12.6. The number of allylic oxidation sites excluding steroid dienone is 3. The molecule has 1 aromatic rings. The van der Waals surface area contributed by atoms with Crippen molar-refractivity contribution in [2.75, 3.05) is 26.4 Å². The molecule has 0 fully saturated rings. The number of esters is 1. The van der Waals surface area contributed by atoms with Gasteiger partial charge in [0.15, 0.2) is 0 Å². The minimum absolute atomic E-state index is 0.0364. The minimum atomic E-state index is -0.821. The summed E-state index contributed by atoms with van der Waals surface area (Å²) in [6.07, 6.45) is 2.20. The number of rotatable bonds is 10. The first-order chi connectivity index (χ1) is 15.8. The number of hydrogen-bond acceptors (Lipinski definition) is 8. The Labute approximate surface area is 194 Å². The van der Waals surface area contributed by atoms with E-state index in [-0.39, 0.29) is 35.7 Å². The van der Waals surface area contributed by atoms with Crippen LogP contribution in [0.1, 0.15) is 26.7 Å². The summed E-state index contributed by atoms with van der Waals surface area (Å²) in [6.45, 7) is 8.10. The van der Waals surface area contributed by atoms with Gasteiger partial charge in [-0.3, -0.25) is 5.41 Å². The van der Waals surface area contributed by atoms with E-state index in [0.717, 1.165) is 5.75 Å². The van der Waals surface area contributed by atoms with Gasteiger partial charge in [-0.15, -0.1) is 0 Å². The van der Waals surface area contributed by atoms with E-state index in [0.29, 0.717) is 37.3 Å². The van der Waals surface area contributed by atoms with Crippen LogP contribution in [0.4, 0.5) is 0 Å². The van der Waals surface area contributed by atoms with Crippen LogP contribution in [0.25, 0.3) is 0 Å². The van der Waals surface area contributed by atoms with Gasteiger partial charge >= 0.3 is 5.97 Å². The van der Waals surface area contributed by atoms with Crippen LogP contribution in [0.15, 0.2) is 65.4 Å². The lowest BCUT2D eigenvalue weighted by Gasteiger charge is -2.33. The highest BCUT2D eigenvalue weighted by Gasteiger charge is 2.34. The molecule has 0 aromatic heterocycles. The van der Waals surface area contributed by atoms with Crippen molar-refractivity contribution in [2.24, 2.45) is 5.41 Å². The van der Waals surface area contributed by atoms with Gasteiger partial charge in [-0.2, -0.15) is 10.5 Å². The van der Waals surface area contributed by atoms with Gasteiger partial charge in [-0.1, -0.05) is 38.6 Å². The summed E-state index contributed by atoms with van der Waals surface area (Å²) in [5, 5.41) is 30.1. The molecule has 8 heteroatoms. The van der Waals surface area contributed by atoms with Gasteiger partial charge in [0.05, 0.1) is 5.57 Å². The normalized spacial score (nSPS) is 16.0. The summed E-state index contributed by atoms with van der Waals surface area (Å²) >= 11 is 0. The number of nitriles is 2. The third kappa shape index (κ3) is 7.55. The zero-order valence-electron chi connectivity index (χ0n) is 18.9. The number of carbonyl (C=O) groups is 1. The molecular weight excluding hydrogens is 420 g/mol. The number of hydrogen-bond donors (Lipinski definition) is 2. The molecule has 2 N–H and O–H groups in total. The van der Waals surface area contributed by atoms with E-state index in [9.17, 15) is 15.3 Å². The fraction of sp³-hybridized carbons (Fsp3) is 0.360. The maximum Gasteiger partial charge on any atom is 0.349 e. The molecule has 0 amide bonds. The van der Waals surface area contributed by atoms with Crippen LogP contribution in [0, 0.1) is 33.5 Å². The topological polar surface area (TPSA) is 128 Å². The van der Waals surface area contributed by atoms with Crippen molar-refractivity contribution < 1.29 is 19.0 Å². The van der Waals surface area contributed by atoms with E-state index in [1.807, 2.05) is 50.2 Å². The van der Waals surface area contributed by atoms with Crippen LogP contribution in [0.3, 0.4) is 0 Å². The average molecular weight is 449 g/mol. The Hall–Kier alpha value is -4.04. The predicted molar refractivity (Wildman–Crippen MR) is 123 cm³/mol. The Morgan fingerprint density at radius 3 is 2.52 bits per heavy atom. The largest absolute Gasteiger partial charge is 0.492 e. The summed E-state index contributed by atoms with van der Waals surface area (Å²) in [4.78, 5) is 12.6. The zero-order chi connectivity index (χ0) is 24.3. The van der Waals surface area contributed by atoms with E-state index < -0.39 is 5.97 Å². The van der Waals surface area contributed by atoms with E-state index in [4.69, 9.17) is 19.6 Å². The van der Waals surface area contributed by atoms with Crippen molar-refractivity contribution in [3.63, 3.8) is 0 Å². The van der Waals surface area contributed by atoms with E-state index in [1.165, 1.54) is 6.08 Å². The van der Waals surface area contributed by atoms with Crippen LogP contribution >= 0.6 is 0 Å². The smallest absolute Gasteiger partial charge is 0.349 e. The van der Waals surface area contributed by atoms with Crippen molar-refractivity contribution in [2.45, 2.75) is 26.7 Å². The molecule has 0 spiro atoms. The molecule has 0 unspecified atom stereocenters. The third-order valence-corrected chi connectivity index (χ3v) is 4.86. The first kappa shape index (κ1) is 25.2. The van der Waals surface area contributed by atoms with Crippen LogP contribution in [-0.4, -0.2) is 38.2 Å². The monoisotopic (exact) mass is 448 g/mol. The van der Waals surface area contributed by atoms with Gasteiger partial charge in [0.25, 0.3) is 0 Å². The third-order valence-electron chi connectivity index (χ3n) is 4.86. The van der Waals surface area contributed by atoms with Gasteiger partial charge in [-0.25, -0.2) is 4.79 Å². The lowest BCUT2D eigenvalue weighted by molar-refractivity contribution is -0.139. The van der Waals surface area contributed by atoms with E-state index >= 15 is 0 Å². The molecular formula is C25H28N4O4. The summed E-state index contributed by atoms with van der Waals surface area (Å²) < 4.78 is 15.8. The molecule has 8 nitrogen and oxygen atoms in total. The first-order valence-electron chi connectivity index (χ1n) is 10.5. The molecule has 1 aromatic carbocycles. The molecule has 1 aliphatic carbocycles. The van der Waals surface area contributed by atoms with Gasteiger partial charge in [-0.05, 0) is 42.0 Å². The SMILES string of the molecule is C=CC(=N)OCCOC(=O)/C(C#N)=C1/CC(C)(C)CC(NCCOc2ccccc2)=C1C#N. The van der Waals surface area contributed by atoms with Crippen molar-refractivity contribution >= 4 is 11.9 Å². The Morgan fingerprint density at radius 1 is 1.18 bits per heavy atom. The Bertz CT molecular complexity index is 1030. The van der Waals surface area contributed by atoms with Crippen LogP contribution in [0.2, 0.25) is 0 Å². The fourth-order valence-electron chi connectivity index (χ4n) is 3.42. The highest BCUT2D eigenvalue weighted by atomic mass is 16.6. The Balaban J connectivity index is 2.15. The number of ether oxygens (including phenoxy) is 3. The lowest BCUT2D eigenvalue weighted by atomic mass is 9.73. The number of nitrogens with one attached hydrogen (secondary N) is 2. The second-order valence-electron chi connectivity index (χ2n) is 8.09. The van der Waals surface area contributed by atoms with Crippen LogP contribution < -0.4 is 10.1 Å². The van der Waals surface area contributed by atoms with E-state index in [1.54, 1.807) is 0 Å². The standard InChI is InChI=1S/C25H28N4O4/c1-4-23(28)32-12-13-33-24(30)21(17-27)19-14-25(2,3)15-22(20(19)16-26)29-10-11-31-18-8-6-5-7-9-18/h4-9,28-29H,1,10-15H2,2-3H3/b21-19-,28-23?. The van der Waals surface area contributed by atoms with E-state index in [2.05, 4.69) is 18.0 Å². The molecule has 0 saturated heterocycles. The van der Waals surface area contributed by atoms with Gasteiger partial charge in [0.2, 0.25) is 5.90 Å². The van der Waals surface area contributed by atoms with Gasteiger partial charge < -0.3 is 19.5 Å². The number of para-hydroxylation sites is 1. The molecule has 0 radical (unpaired) electrons. The van der Waals surface area contributed by atoms with Crippen LogP contribution in [0.5, 0.6) is 5.75 Å². The highest BCUT2D eigenvalue weighted by Crippen LogP contribution is 2.42. The quantitative estimate of drug-likeness (QED) is 0.139. The molecule has 0 bridgehead atoms. The number of carbonyl (C=O) groups excluding carboxylic acids is 1. The highest BCUT2D eigenvalue weighted by molar-refractivity contribution is 5.95. The molecule has 0 heterocycles.